The summed E-state index contributed by atoms with van der Waals surface area (Å²) in [6, 6.07) is 12.1. The maximum atomic E-state index is 11.1. The predicted molar refractivity (Wildman–Crippen MR) is 74.1 cm³/mol. The maximum absolute atomic E-state index is 11.1. The minimum Gasteiger partial charge on any atom is -0.494 e. The Labute approximate surface area is 110 Å². The fraction of sp³-hybridized carbons (Fsp3) is 0.0714. The topological polar surface area (TPSA) is 84.6 Å². The van der Waals surface area contributed by atoms with Crippen molar-refractivity contribution >= 4 is 23.0 Å². The molecule has 2 aromatic carbocycles. The van der Waals surface area contributed by atoms with Gasteiger partial charge in [-0.1, -0.05) is 12.1 Å². The van der Waals surface area contributed by atoms with Crippen molar-refractivity contribution in [3.63, 3.8) is 0 Å². The van der Waals surface area contributed by atoms with Gasteiger partial charge in [0, 0.05) is 11.4 Å². The van der Waals surface area contributed by atoms with E-state index in [-0.39, 0.29) is 11.3 Å². The standard InChI is InChI=1S/C14H14N2O3/c1-19-13-11(14(17)18)6-3-7-12(13)16-10-5-2-4-9(15)8-10/h2-8,16H,15H2,1H3,(H,17,18). The smallest absolute Gasteiger partial charge is 0.339 e. The monoisotopic (exact) mass is 258 g/mol. The lowest BCUT2D eigenvalue weighted by Gasteiger charge is -2.13. The fourth-order valence-electron chi connectivity index (χ4n) is 1.80. The van der Waals surface area contributed by atoms with Crippen LogP contribution in [0.5, 0.6) is 5.75 Å². The Bertz CT molecular complexity index is 611. The molecule has 0 atom stereocenters. The number of ether oxygens (including phenoxy) is 1. The molecule has 0 heterocycles. The van der Waals surface area contributed by atoms with E-state index < -0.39 is 5.97 Å². The van der Waals surface area contributed by atoms with Gasteiger partial charge >= 0.3 is 5.97 Å². The first-order valence-corrected chi connectivity index (χ1v) is 5.64. The summed E-state index contributed by atoms with van der Waals surface area (Å²) in [6.45, 7) is 0. The predicted octanol–water partition coefficient (Wildman–Crippen LogP) is 2.72. The van der Waals surface area contributed by atoms with Crippen molar-refractivity contribution in [2.45, 2.75) is 0 Å². The average Bonchev–Trinajstić information content (AvgIpc) is 2.38. The van der Waals surface area contributed by atoms with E-state index in [1.165, 1.54) is 13.2 Å². The number of aromatic carboxylic acids is 1. The summed E-state index contributed by atoms with van der Waals surface area (Å²) in [6.07, 6.45) is 0. The quantitative estimate of drug-likeness (QED) is 0.734. The van der Waals surface area contributed by atoms with Gasteiger partial charge in [0.15, 0.2) is 5.75 Å². The lowest BCUT2D eigenvalue weighted by molar-refractivity contribution is 0.0693. The molecule has 19 heavy (non-hydrogen) atoms. The van der Waals surface area contributed by atoms with Crippen LogP contribution in [0.25, 0.3) is 0 Å². The van der Waals surface area contributed by atoms with Gasteiger partial charge in [0.05, 0.1) is 12.8 Å². The molecule has 0 saturated heterocycles. The molecule has 0 fully saturated rings. The molecule has 0 spiro atoms. The highest BCUT2D eigenvalue weighted by Crippen LogP contribution is 2.31. The van der Waals surface area contributed by atoms with Gasteiger partial charge in [0.2, 0.25) is 0 Å². The van der Waals surface area contributed by atoms with Crippen LogP contribution < -0.4 is 15.8 Å². The van der Waals surface area contributed by atoms with E-state index in [1.54, 1.807) is 24.3 Å². The SMILES string of the molecule is COc1c(Nc2cccc(N)c2)cccc1C(=O)O. The molecule has 0 saturated carbocycles. The molecule has 0 unspecified atom stereocenters. The van der Waals surface area contributed by atoms with Gasteiger partial charge in [-0.3, -0.25) is 0 Å². The normalized spacial score (nSPS) is 9.95. The van der Waals surface area contributed by atoms with Gasteiger partial charge in [-0.15, -0.1) is 0 Å². The Morgan fingerprint density at radius 1 is 1.26 bits per heavy atom. The molecular weight excluding hydrogens is 244 g/mol. The second-order valence-electron chi connectivity index (χ2n) is 3.94. The highest BCUT2D eigenvalue weighted by molar-refractivity contribution is 5.94. The molecule has 5 nitrogen and oxygen atoms in total. The Kier molecular flexibility index (Phi) is 3.56. The molecule has 0 aromatic heterocycles. The van der Waals surface area contributed by atoms with Crippen molar-refractivity contribution in [3.05, 3.63) is 48.0 Å². The number of carbonyl (C=O) groups is 1. The molecule has 0 amide bonds. The number of para-hydroxylation sites is 1. The molecule has 0 aliphatic carbocycles. The van der Waals surface area contributed by atoms with Crippen molar-refractivity contribution < 1.29 is 14.6 Å². The van der Waals surface area contributed by atoms with Crippen LogP contribution in [0.3, 0.4) is 0 Å². The Morgan fingerprint density at radius 3 is 2.63 bits per heavy atom. The van der Waals surface area contributed by atoms with Crippen LogP contribution in [0.4, 0.5) is 17.1 Å². The molecule has 98 valence electrons. The lowest BCUT2D eigenvalue weighted by Crippen LogP contribution is -2.03. The first-order chi connectivity index (χ1) is 9.11. The van der Waals surface area contributed by atoms with Crippen molar-refractivity contribution in [1.82, 2.24) is 0 Å². The third-order valence-corrected chi connectivity index (χ3v) is 2.62. The largest absolute Gasteiger partial charge is 0.494 e. The summed E-state index contributed by atoms with van der Waals surface area (Å²) >= 11 is 0. The van der Waals surface area contributed by atoms with Gasteiger partial charge in [-0.25, -0.2) is 4.79 Å². The van der Waals surface area contributed by atoms with Crippen LogP contribution >= 0.6 is 0 Å². The number of benzene rings is 2. The number of hydrogen-bond donors (Lipinski definition) is 3. The zero-order chi connectivity index (χ0) is 13.8. The van der Waals surface area contributed by atoms with E-state index in [2.05, 4.69) is 5.32 Å². The molecule has 0 aliphatic rings. The van der Waals surface area contributed by atoms with Crippen molar-refractivity contribution in [1.29, 1.82) is 0 Å². The van der Waals surface area contributed by atoms with Gasteiger partial charge in [-0.05, 0) is 30.3 Å². The van der Waals surface area contributed by atoms with Crippen LogP contribution in [0.15, 0.2) is 42.5 Å². The summed E-state index contributed by atoms with van der Waals surface area (Å²) in [4.78, 5) is 11.1. The van der Waals surface area contributed by atoms with Crippen LogP contribution in [-0.2, 0) is 0 Å². The third kappa shape index (κ3) is 2.77. The number of nitrogens with one attached hydrogen (secondary N) is 1. The van der Waals surface area contributed by atoms with Crippen LogP contribution in [0, 0.1) is 0 Å². The second-order valence-corrected chi connectivity index (χ2v) is 3.94. The summed E-state index contributed by atoms with van der Waals surface area (Å²) in [7, 11) is 1.44. The zero-order valence-electron chi connectivity index (χ0n) is 10.4. The highest BCUT2D eigenvalue weighted by Gasteiger charge is 2.14. The van der Waals surface area contributed by atoms with Gasteiger partial charge < -0.3 is 20.9 Å². The zero-order valence-corrected chi connectivity index (χ0v) is 10.4. The number of methoxy groups -OCH3 is 1. The fourth-order valence-corrected chi connectivity index (χ4v) is 1.80. The number of anilines is 3. The number of nitrogens with two attached hydrogens (primary N) is 1. The van der Waals surface area contributed by atoms with E-state index >= 15 is 0 Å². The van der Waals surface area contributed by atoms with E-state index in [0.717, 1.165) is 5.69 Å². The summed E-state index contributed by atoms with van der Waals surface area (Å²) < 4.78 is 5.17. The first kappa shape index (κ1) is 12.8. The first-order valence-electron chi connectivity index (χ1n) is 5.64. The van der Waals surface area contributed by atoms with Gasteiger partial charge in [0.25, 0.3) is 0 Å². The molecule has 4 N–H and O–H groups in total. The van der Waals surface area contributed by atoms with E-state index in [4.69, 9.17) is 15.6 Å². The van der Waals surface area contributed by atoms with Crippen LogP contribution in [-0.4, -0.2) is 18.2 Å². The molecule has 5 heteroatoms. The molecule has 2 aromatic rings. The summed E-state index contributed by atoms with van der Waals surface area (Å²) in [5, 5.41) is 12.2. The molecule has 0 radical (unpaired) electrons. The van der Waals surface area contributed by atoms with Crippen molar-refractivity contribution in [3.8, 4) is 5.75 Å². The number of nitrogen functional groups attached to an aromatic ring is 1. The Morgan fingerprint density at radius 2 is 2.00 bits per heavy atom. The lowest BCUT2D eigenvalue weighted by atomic mass is 10.1. The maximum Gasteiger partial charge on any atom is 0.339 e. The average molecular weight is 258 g/mol. The number of carboxylic acid groups (broad SMARTS) is 1. The Hall–Kier alpha value is -2.69. The molecular formula is C14H14N2O3. The minimum absolute atomic E-state index is 0.108. The van der Waals surface area contributed by atoms with Crippen LogP contribution in [0.1, 0.15) is 10.4 Å². The Balaban J connectivity index is 2.40. The molecule has 0 aliphatic heterocycles. The van der Waals surface area contributed by atoms with E-state index in [0.29, 0.717) is 11.4 Å². The van der Waals surface area contributed by atoms with E-state index in [1.807, 2.05) is 12.1 Å². The molecule has 2 rings (SSSR count). The summed E-state index contributed by atoms with van der Waals surface area (Å²) in [5.41, 5.74) is 7.77. The summed E-state index contributed by atoms with van der Waals surface area (Å²) in [5.74, 6) is -0.745. The number of carboxylic acids is 1. The van der Waals surface area contributed by atoms with Crippen molar-refractivity contribution in [2.75, 3.05) is 18.2 Å². The second kappa shape index (κ2) is 5.30. The van der Waals surface area contributed by atoms with Gasteiger partial charge in [0.1, 0.15) is 5.56 Å². The van der Waals surface area contributed by atoms with Crippen molar-refractivity contribution in [2.24, 2.45) is 0 Å². The van der Waals surface area contributed by atoms with Crippen LogP contribution in [0.2, 0.25) is 0 Å². The van der Waals surface area contributed by atoms with Gasteiger partial charge in [-0.2, -0.15) is 0 Å². The third-order valence-electron chi connectivity index (χ3n) is 2.62. The van der Waals surface area contributed by atoms with E-state index in [9.17, 15) is 4.79 Å². The minimum atomic E-state index is -1.03. The number of rotatable bonds is 4. The number of hydrogen-bond acceptors (Lipinski definition) is 4. The highest BCUT2D eigenvalue weighted by atomic mass is 16.5. The molecule has 0 bridgehead atoms.